The topological polar surface area (TPSA) is 18.5 Å². The molecule has 0 saturated heterocycles. The largest absolute Gasteiger partial charge is 0.364 e. The molecule has 0 aliphatic rings. The maximum Gasteiger partial charge on any atom is 0.136 e. The number of hydrogen-bond donors (Lipinski definition) is 1. The third kappa shape index (κ3) is 4.18. The van der Waals surface area contributed by atoms with Gasteiger partial charge in [0.05, 0.1) is 0 Å². The van der Waals surface area contributed by atoms with Crippen molar-refractivity contribution in [1.29, 1.82) is 0 Å². The van der Waals surface area contributed by atoms with Gasteiger partial charge in [-0.15, -0.1) is 0 Å². The zero-order valence-corrected chi connectivity index (χ0v) is 10.1. The minimum absolute atomic E-state index is 0.292. The zero-order valence-electron chi connectivity index (χ0n) is 8.13. The minimum atomic E-state index is 0.292. The van der Waals surface area contributed by atoms with Crippen LogP contribution in [-0.2, 0) is 0 Å². The number of nitrogens with zero attached hydrogens (tertiary/aromatic N) is 2. The first-order chi connectivity index (χ1) is 5.09. The normalized spacial score (nSPS) is 12.6. The van der Waals surface area contributed by atoms with Crippen LogP contribution in [0.25, 0.3) is 0 Å². The van der Waals surface area contributed by atoms with Crippen LogP contribution in [0, 0.1) is 0 Å². The summed E-state index contributed by atoms with van der Waals surface area (Å²) in [7, 11) is 9.32. The van der Waals surface area contributed by atoms with Crippen LogP contribution in [0.1, 0.15) is 0 Å². The van der Waals surface area contributed by atoms with Gasteiger partial charge >= 0.3 is 0 Å². The standard InChI is InChI=1S/C7H19N3Si/c1-9(2)7(10(3)4)8-5-6-11/h5-8H,1-4,11H3. The van der Waals surface area contributed by atoms with Gasteiger partial charge in [0, 0.05) is 10.2 Å². The first-order valence-corrected chi connectivity index (χ1v) is 4.95. The van der Waals surface area contributed by atoms with E-state index < -0.39 is 0 Å². The van der Waals surface area contributed by atoms with Crippen LogP contribution in [0.3, 0.4) is 0 Å². The first-order valence-electron chi connectivity index (χ1n) is 3.79. The van der Waals surface area contributed by atoms with E-state index in [-0.39, 0.29) is 0 Å². The molecule has 0 spiro atoms. The minimum Gasteiger partial charge on any atom is -0.364 e. The molecule has 0 aliphatic carbocycles. The lowest BCUT2D eigenvalue weighted by atomic mass is 10.6. The highest BCUT2D eigenvalue weighted by Gasteiger charge is 2.09. The van der Waals surface area contributed by atoms with Crippen LogP contribution in [0.5, 0.6) is 0 Å². The van der Waals surface area contributed by atoms with E-state index in [4.69, 9.17) is 0 Å². The van der Waals surface area contributed by atoms with Crippen LogP contribution in [-0.4, -0.2) is 54.5 Å². The summed E-state index contributed by atoms with van der Waals surface area (Å²) in [6.45, 7) is 0. The van der Waals surface area contributed by atoms with Gasteiger partial charge in [-0.3, -0.25) is 9.80 Å². The van der Waals surface area contributed by atoms with Crippen LogP contribution >= 0.6 is 0 Å². The van der Waals surface area contributed by atoms with Gasteiger partial charge in [0.15, 0.2) is 0 Å². The highest BCUT2D eigenvalue weighted by molar-refractivity contribution is 6.16. The Bertz CT molecular complexity index is 115. The van der Waals surface area contributed by atoms with Crippen LogP contribution < -0.4 is 5.32 Å². The van der Waals surface area contributed by atoms with Gasteiger partial charge in [0.2, 0.25) is 0 Å². The van der Waals surface area contributed by atoms with Gasteiger partial charge in [-0.2, -0.15) is 0 Å². The van der Waals surface area contributed by atoms with Crippen LogP contribution in [0.2, 0.25) is 0 Å². The second kappa shape index (κ2) is 5.34. The van der Waals surface area contributed by atoms with E-state index >= 15 is 0 Å². The van der Waals surface area contributed by atoms with Crippen molar-refractivity contribution < 1.29 is 0 Å². The van der Waals surface area contributed by atoms with E-state index in [2.05, 4.69) is 49.0 Å². The lowest BCUT2D eigenvalue weighted by Gasteiger charge is -2.30. The Kier molecular flexibility index (Phi) is 5.19. The second-order valence-corrected chi connectivity index (χ2v) is 3.63. The van der Waals surface area contributed by atoms with Crippen molar-refractivity contribution in [1.82, 2.24) is 15.1 Å². The molecular formula is C7H19N3Si. The molecular weight excluding hydrogens is 154 g/mol. The summed E-state index contributed by atoms with van der Waals surface area (Å²) >= 11 is 0. The highest BCUT2D eigenvalue weighted by Crippen LogP contribution is 1.91. The van der Waals surface area contributed by atoms with Crippen LogP contribution in [0.15, 0.2) is 11.9 Å². The molecule has 0 atom stereocenters. The average Bonchev–Trinajstić information content (AvgIpc) is 1.87. The molecule has 0 aromatic carbocycles. The van der Waals surface area contributed by atoms with Gasteiger partial charge in [-0.05, 0) is 34.4 Å². The molecule has 0 fully saturated rings. The van der Waals surface area contributed by atoms with Crippen molar-refractivity contribution in [2.24, 2.45) is 0 Å². The monoisotopic (exact) mass is 173 g/mol. The molecule has 0 aliphatic heterocycles. The maximum atomic E-state index is 3.27. The quantitative estimate of drug-likeness (QED) is 0.426. The fraction of sp³-hybridized carbons (Fsp3) is 0.714. The summed E-state index contributed by atoms with van der Waals surface area (Å²) in [6, 6.07) is 0. The van der Waals surface area contributed by atoms with Crippen molar-refractivity contribution in [3.8, 4) is 0 Å². The number of rotatable bonds is 4. The Hall–Kier alpha value is -0.323. The van der Waals surface area contributed by atoms with Crippen molar-refractivity contribution in [3.05, 3.63) is 11.9 Å². The third-order valence-electron chi connectivity index (χ3n) is 1.39. The Morgan fingerprint density at radius 3 is 1.91 bits per heavy atom. The fourth-order valence-corrected chi connectivity index (χ4v) is 1.13. The molecule has 0 rings (SSSR count). The molecule has 11 heavy (non-hydrogen) atoms. The summed E-state index contributed by atoms with van der Waals surface area (Å²) in [6.07, 6.45) is 2.30. The molecule has 0 aromatic heterocycles. The van der Waals surface area contributed by atoms with Gasteiger partial charge in [0.25, 0.3) is 0 Å². The lowest BCUT2D eigenvalue weighted by molar-refractivity contribution is 0.110. The molecule has 0 amide bonds. The fourth-order valence-electron chi connectivity index (χ4n) is 0.942. The van der Waals surface area contributed by atoms with E-state index in [1.807, 2.05) is 6.20 Å². The summed E-state index contributed by atoms with van der Waals surface area (Å²) in [5.41, 5.74) is 2.12. The summed E-state index contributed by atoms with van der Waals surface area (Å²) < 4.78 is 0. The predicted octanol–water partition coefficient (Wildman–Crippen LogP) is -1.18. The molecule has 0 saturated carbocycles. The van der Waals surface area contributed by atoms with E-state index in [9.17, 15) is 0 Å². The average molecular weight is 173 g/mol. The smallest absolute Gasteiger partial charge is 0.136 e. The highest BCUT2D eigenvalue weighted by atomic mass is 28.1. The molecule has 1 N–H and O–H groups in total. The first kappa shape index (κ1) is 10.7. The number of hydrogen-bond acceptors (Lipinski definition) is 3. The summed E-state index contributed by atoms with van der Waals surface area (Å²) in [5, 5.41) is 3.27. The van der Waals surface area contributed by atoms with Crippen molar-refractivity contribution in [3.63, 3.8) is 0 Å². The lowest BCUT2D eigenvalue weighted by Crippen LogP contribution is -2.49. The molecule has 0 aromatic rings. The molecule has 0 heterocycles. The van der Waals surface area contributed by atoms with Gasteiger partial charge in [-0.1, -0.05) is 5.70 Å². The Morgan fingerprint density at radius 1 is 1.18 bits per heavy atom. The second-order valence-electron chi connectivity index (χ2n) is 2.97. The predicted molar refractivity (Wildman–Crippen MR) is 53.4 cm³/mol. The number of nitrogens with one attached hydrogen (secondary N) is 1. The van der Waals surface area contributed by atoms with E-state index in [0.29, 0.717) is 6.29 Å². The SMILES string of the molecule is CN(C)C(NC=C[SiH3])N(C)C. The van der Waals surface area contributed by atoms with Crippen LogP contribution in [0.4, 0.5) is 0 Å². The van der Waals surface area contributed by atoms with Gasteiger partial charge in [0.1, 0.15) is 6.29 Å². The molecule has 4 heteroatoms. The Balaban J connectivity index is 3.89. The van der Waals surface area contributed by atoms with Gasteiger partial charge in [-0.25, -0.2) is 0 Å². The third-order valence-corrected chi connectivity index (χ3v) is 1.72. The van der Waals surface area contributed by atoms with Gasteiger partial charge < -0.3 is 5.32 Å². The summed E-state index contributed by atoms with van der Waals surface area (Å²) in [4.78, 5) is 4.25. The zero-order chi connectivity index (χ0) is 8.85. The molecule has 3 nitrogen and oxygen atoms in total. The van der Waals surface area contributed by atoms with Crippen molar-refractivity contribution >= 4 is 10.2 Å². The Labute approximate surface area is 72.5 Å². The molecule has 0 unspecified atom stereocenters. The molecule has 0 bridgehead atoms. The summed E-state index contributed by atoms with van der Waals surface area (Å²) in [5.74, 6) is 0. The van der Waals surface area contributed by atoms with E-state index in [0.717, 1.165) is 10.2 Å². The van der Waals surface area contributed by atoms with Crippen molar-refractivity contribution in [2.45, 2.75) is 6.29 Å². The van der Waals surface area contributed by atoms with Crippen molar-refractivity contribution in [2.75, 3.05) is 28.2 Å². The Morgan fingerprint density at radius 2 is 1.64 bits per heavy atom. The molecule has 66 valence electrons. The molecule has 0 radical (unpaired) electrons. The van der Waals surface area contributed by atoms with E-state index in [1.54, 1.807) is 0 Å². The van der Waals surface area contributed by atoms with E-state index in [1.165, 1.54) is 0 Å². The maximum absolute atomic E-state index is 3.27.